The number of halogens is 1. The predicted octanol–water partition coefficient (Wildman–Crippen LogP) is 2.72. The number of aliphatic hydroxyl groups is 1. The second kappa shape index (κ2) is 8.85. The zero-order chi connectivity index (χ0) is 20.3. The fourth-order valence-corrected chi connectivity index (χ4v) is 4.35. The van der Waals surface area contributed by atoms with Crippen molar-refractivity contribution >= 4 is 33.5 Å². The Kier molecular flexibility index (Phi) is 6.21. The summed E-state index contributed by atoms with van der Waals surface area (Å²) in [6.45, 7) is 2.05. The van der Waals surface area contributed by atoms with Crippen LogP contribution in [0.3, 0.4) is 0 Å². The van der Waals surface area contributed by atoms with Crippen molar-refractivity contribution in [3.8, 4) is 5.88 Å². The Morgan fingerprint density at radius 1 is 1.38 bits per heavy atom. The van der Waals surface area contributed by atoms with Crippen LogP contribution in [-0.4, -0.2) is 57.7 Å². The molecule has 0 radical (unpaired) electrons. The summed E-state index contributed by atoms with van der Waals surface area (Å²) in [5.41, 5.74) is 0.147. The molecule has 1 aliphatic heterocycles. The molecular formula is C19H26BrN5O4. The third-order valence-corrected chi connectivity index (χ3v) is 6.29. The molecule has 0 aromatic carbocycles. The molecular weight excluding hydrogens is 442 g/mol. The lowest BCUT2D eigenvalue weighted by molar-refractivity contribution is 0.0662. The molecule has 0 atom stereocenters. The Morgan fingerprint density at radius 3 is 2.86 bits per heavy atom. The Labute approximate surface area is 177 Å². The number of rotatable bonds is 6. The van der Waals surface area contributed by atoms with Gasteiger partial charge in [-0.2, -0.15) is 9.61 Å². The van der Waals surface area contributed by atoms with Gasteiger partial charge in [-0.1, -0.05) is 12.8 Å². The number of amides is 1. The average Bonchev–Trinajstić information content (AvgIpc) is 3.35. The maximum Gasteiger partial charge on any atom is 0.413 e. The first-order valence-electron chi connectivity index (χ1n) is 10.1. The van der Waals surface area contributed by atoms with Gasteiger partial charge in [0.1, 0.15) is 5.82 Å². The molecule has 0 bridgehead atoms. The lowest BCUT2D eigenvalue weighted by Gasteiger charge is -2.28. The van der Waals surface area contributed by atoms with Gasteiger partial charge < -0.3 is 25.2 Å². The van der Waals surface area contributed by atoms with Crippen molar-refractivity contribution in [2.75, 3.05) is 31.7 Å². The number of hydrogen-bond donors (Lipinski definition) is 3. The average molecular weight is 468 g/mol. The summed E-state index contributed by atoms with van der Waals surface area (Å²) in [6.07, 6.45) is 6.81. The van der Waals surface area contributed by atoms with Gasteiger partial charge in [-0.25, -0.2) is 9.78 Å². The Balaban J connectivity index is 1.50. The molecule has 2 aromatic heterocycles. The highest BCUT2D eigenvalue weighted by Crippen LogP contribution is 2.33. The van der Waals surface area contributed by atoms with Crippen molar-refractivity contribution < 1.29 is 19.4 Å². The third kappa shape index (κ3) is 4.65. The van der Waals surface area contributed by atoms with Crippen LogP contribution in [0.2, 0.25) is 0 Å². The van der Waals surface area contributed by atoms with Gasteiger partial charge in [0, 0.05) is 25.8 Å². The van der Waals surface area contributed by atoms with E-state index in [1.165, 1.54) is 4.52 Å². The Morgan fingerprint density at radius 2 is 2.14 bits per heavy atom. The van der Waals surface area contributed by atoms with Crippen LogP contribution in [-0.2, 0) is 4.74 Å². The van der Waals surface area contributed by atoms with E-state index in [1.54, 1.807) is 12.3 Å². The standard InChI is InChI=1S/C19H26BrN5O4/c20-14-11-22-25-16(29-18(27)21-10-13-3-7-28-8-4-13)9-15(23-17(14)25)24-19(12-26)5-1-2-6-19/h9,11,13,26H,1-8,10,12H2,(H,21,27)(H,23,24). The summed E-state index contributed by atoms with van der Waals surface area (Å²) >= 11 is 3.44. The molecule has 1 amide bonds. The van der Waals surface area contributed by atoms with Crippen molar-refractivity contribution in [2.45, 2.75) is 44.1 Å². The van der Waals surface area contributed by atoms with Gasteiger partial charge in [0.2, 0.25) is 5.88 Å². The predicted molar refractivity (Wildman–Crippen MR) is 110 cm³/mol. The zero-order valence-corrected chi connectivity index (χ0v) is 17.8. The molecule has 4 rings (SSSR count). The SMILES string of the molecule is O=C(NCC1CCOCC1)Oc1cc(NC2(CO)CCCC2)nc2c(Br)cnn12. The highest BCUT2D eigenvalue weighted by Gasteiger charge is 2.33. The van der Waals surface area contributed by atoms with E-state index in [0.717, 1.165) is 51.7 Å². The molecule has 29 heavy (non-hydrogen) atoms. The second-order valence-electron chi connectivity index (χ2n) is 7.80. The summed E-state index contributed by atoms with van der Waals surface area (Å²) in [7, 11) is 0. The van der Waals surface area contributed by atoms with Gasteiger partial charge in [-0.15, -0.1) is 0 Å². The maximum atomic E-state index is 12.4. The number of hydrogen-bond acceptors (Lipinski definition) is 7. The molecule has 2 aromatic rings. The van der Waals surface area contributed by atoms with E-state index in [1.807, 2.05) is 0 Å². The first-order valence-corrected chi connectivity index (χ1v) is 10.8. The number of aromatic nitrogens is 3. The molecule has 0 spiro atoms. The van der Waals surface area contributed by atoms with E-state index >= 15 is 0 Å². The number of ether oxygens (including phenoxy) is 2. The topological polar surface area (TPSA) is 110 Å². The molecule has 2 fully saturated rings. The van der Waals surface area contributed by atoms with E-state index in [2.05, 4.69) is 36.6 Å². The number of nitrogens with zero attached hydrogens (tertiary/aromatic N) is 3. The van der Waals surface area contributed by atoms with Crippen LogP contribution in [0.15, 0.2) is 16.7 Å². The Hall–Kier alpha value is -1.91. The number of nitrogens with one attached hydrogen (secondary N) is 2. The summed E-state index contributed by atoms with van der Waals surface area (Å²) in [4.78, 5) is 17.0. The molecule has 1 saturated carbocycles. The van der Waals surface area contributed by atoms with Crippen LogP contribution in [0.5, 0.6) is 5.88 Å². The van der Waals surface area contributed by atoms with E-state index in [0.29, 0.717) is 28.4 Å². The number of fused-ring (bicyclic) bond motifs is 1. The van der Waals surface area contributed by atoms with E-state index in [4.69, 9.17) is 9.47 Å². The molecule has 1 saturated heterocycles. The van der Waals surface area contributed by atoms with Crippen LogP contribution >= 0.6 is 15.9 Å². The lowest BCUT2D eigenvalue weighted by atomic mass is 9.99. The van der Waals surface area contributed by atoms with Crippen LogP contribution in [0.25, 0.3) is 5.65 Å². The highest BCUT2D eigenvalue weighted by atomic mass is 79.9. The fourth-order valence-electron chi connectivity index (χ4n) is 4.00. The zero-order valence-electron chi connectivity index (χ0n) is 16.2. The van der Waals surface area contributed by atoms with Crippen molar-refractivity contribution in [2.24, 2.45) is 5.92 Å². The smallest absolute Gasteiger partial charge is 0.394 e. The number of carbonyl (C=O) groups excluding carboxylic acids is 1. The third-order valence-electron chi connectivity index (χ3n) is 5.73. The summed E-state index contributed by atoms with van der Waals surface area (Å²) in [5.74, 6) is 1.21. The lowest BCUT2D eigenvalue weighted by Crippen LogP contribution is -2.39. The summed E-state index contributed by atoms with van der Waals surface area (Å²) in [5, 5.41) is 20.3. The highest BCUT2D eigenvalue weighted by molar-refractivity contribution is 9.10. The van der Waals surface area contributed by atoms with Crippen molar-refractivity contribution in [3.05, 3.63) is 16.7 Å². The monoisotopic (exact) mass is 467 g/mol. The summed E-state index contributed by atoms with van der Waals surface area (Å²) < 4.78 is 13.1. The van der Waals surface area contributed by atoms with Crippen LogP contribution < -0.4 is 15.4 Å². The van der Waals surface area contributed by atoms with Gasteiger partial charge in [-0.05, 0) is 47.5 Å². The van der Waals surface area contributed by atoms with Crippen molar-refractivity contribution in [1.29, 1.82) is 0 Å². The number of aliphatic hydroxyl groups excluding tert-OH is 1. The van der Waals surface area contributed by atoms with E-state index in [9.17, 15) is 9.90 Å². The van der Waals surface area contributed by atoms with Crippen LogP contribution in [0.1, 0.15) is 38.5 Å². The van der Waals surface area contributed by atoms with Crippen LogP contribution in [0, 0.1) is 5.92 Å². The fraction of sp³-hybridized carbons (Fsp3) is 0.632. The van der Waals surface area contributed by atoms with Gasteiger partial charge >= 0.3 is 6.09 Å². The van der Waals surface area contributed by atoms with Gasteiger partial charge in [-0.3, -0.25) is 0 Å². The molecule has 158 valence electrons. The molecule has 0 unspecified atom stereocenters. The minimum absolute atomic E-state index is 0.0298. The largest absolute Gasteiger partial charge is 0.413 e. The number of anilines is 1. The molecule has 3 N–H and O–H groups in total. The molecule has 10 heteroatoms. The van der Waals surface area contributed by atoms with Crippen molar-refractivity contribution in [3.63, 3.8) is 0 Å². The van der Waals surface area contributed by atoms with E-state index in [-0.39, 0.29) is 18.0 Å². The first kappa shape index (κ1) is 20.4. The minimum Gasteiger partial charge on any atom is -0.394 e. The quantitative estimate of drug-likeness (QED) is 0.598. The molecule has 2 aliphatic rings. The summed E-state index contributed by atoms with van der Waals surface area (Å²) in [6, 6.07) is 1.65. The van der Waals surface area contributed by atoms with Gasteiger partial charge in [0.15, 0.2) is 5.65 Å². The normalized spacial score (nSPS) is 19.4. The van der Waals surface area contributed by atoms with Gasteiger partial charge in [0.25, 0.3) is 0 Å². The molecule has 9 nitrogen and oxygen atoms in total. The Bertz CT molecular complexity index is 862. The first-order chi connectivity index (χ1) is 14.1. The number of carbonyl (C=O) groups is 1. The minimum atomic E-state index is -0.528. The van der Waals surface area contributed by atoms with Gasteiger partial charge in [0.05, 0.1) is 22.8 Å². The van der Waals surface area contributed by atoms with Crippen LogP contribution in [0.4, 0.5) is 10.6 Å². The van der Waals surface area contributed by atoms with Crippen molar-refractivity contribution in [1.82, 2.24) is 19.9 Å². The molecule has 3 heterocycles. The van der Waals surface area contributed by atoms with E-state index < -0.39 is 6.09 Å². The molecule has 1 aliphatic carbocycles. The maximum absolute atomic E-state index is 12.4. The second-order valence-corrected chi connectivity index (χ2v) is 8.66.